The van der Waals surface area contributed by atoms with Crippen LogP contribution in [0.4, 0.5) is 8.78 Å². The Balaban J connectivity index is 2.06. The van der Waals surface area contributed by atoms with Gasteiger partial charge in [-0.3, -0.25) is 0 Å². The summed E-state index contributed by atoms with van der Waals surface area (Å²) in [6.07, 6.45) is 3.13. The van der Waals surface area contributed by atoms with Crippen LogP contribution in [0.15, 0.2) is 18.2 Å². The first-order valence-corrected chi connectivity index (χ1v) is 6.37. The molecule has 0 spiro atoms. The molecule has 0 amide bonds. The van der Waals surface area contributed by atoms with E-state index in [0.29, 0.717) is 25.3 Å². The molecular weight excluding hydrogens is 236 g/mol. The zero-order chi connectivity index (χ0) is 12.8. The van der Waals surface area contributed by atoms with Gasteiger partial charge in [-0.25, -0.2) is 8.78 Å². The molecule has 4 heteroatoms. The summed E-state index contributed by atoms with van der Waals surface area (Å²) in [4.78, 5) is 0. The molecule has 2 nitrogen and oxygen atoms in total. The highest BCUT2D eigenvalue weighted by Gasteiger charge is 2.59. The van der Waals surface area contributed by atoms with Crippen molar-refractivity contribution >= 4 is 0 Å². The number of hydrogen-bond acceptors (Lipinski definition) is 2. The van der Waals surface area contributed by atoms with E-state index in [1.807, 2.05) is 0 Å². The predicted molar refractivity (Wildman–Crippen MR) is 64.2 cm³/mol. The minimum Gasteiger partial charge on any atom is -0.379 e. The van der Waals surface area contributed by atoms with Crippen LogP contribution in [-0.4, -0.2) is 19.8 Å². The number of ether oxygens (including phenoxy) is 1. The molecule has 1 heterocycles. The van der Waals surface area contributed by atoms with Gasteiger partial charge in [-0.1, -0.05) is 12.5 Å². The van der Waals surface area contributed by atoms with Crippen molar-refractivity contribution in [2.75, 3.05) is 19.8 Å². The number of halogens is 2. The third-order valence-electron chi connectivity index (χ3n) is 4.86. The fourth-order valence-corrected chi connectivity index (χ4v) is 3.41. The second-order valence-corrected chi connectivity index (χ2v) is 5.54. The number of nitrogens with two attached hydrogens (primary N) is 1. The van der Waals surface area contributed by atoms with E-state index in [-0.39, 0.29) is 10.8 Å². The molecule has 1 saturated heterocycles. The number of hydrogen-bond donors (Lipinski definition) is 1. The van der Waals surface area contributed by atoms with Gasteiger partial charge in [0.05, 0.1) is 18.6 Å². The van der Waals surface area contributed by atoms with Crippen LogP contribution in [0, 0.1) is 17.0 Å². The lowest BCUT2D eigenvalue weighted by Crippen LogP contribution is -2.64. The van der Waals surface area contributed by atoms with Crippen LogP contribution in [-0.2, 0) is 10.2 Å². The van der Waals surface area contributed by atoms with Crippen molar-refractivity contribution in [2.45, 2.75) is 24.7 Å². The highest BCUT2D eigenvalue weighted by atomic mass is 19.1. The zero-order valence-corrected chi connectivity index (χ0v) is 10.2. The zero-order valence-electron chi connectivity index (χ0n) is 10.2. The fourth-order valence-electron chi connectivity index (χ4n) is 3.41. The number of benzene rings is 1. The lowest BCUT2D eigenvalue weighted by molar-refractivity contribution is -0.155. The van der Waals surface area contributed by atoms with Gasteiger partial charge in [-0.2, -0.15) is 0 Å². The smallest absolute Gasteiger partial charge is 0.130 e. The standard InChI is InChI=1S/C14H17F2NO/c15-10-2-3-11(12(16)6-10)14(8-18-9-14)13(7-17)4-1-5-13/h2-3,6H,1,4-5,7-9,17H2. The lowest BCUT2D eigenvalue weighted by Gasteiger charge is -2.60. The van der Waals surface area contributed by atoms with Gasteiger partial charge in [-0.05, 0) is 36.4 Å². The molecule has 3 rings (SSSR count). The van der Waals surface area contributed by atoms with E-state index < -0.39 is 11.6 Å². The van der Waals surface area contributed by atoms with Crippen molar-refractivity contribution in [3.63, 3.8) is 0 Å². The van der Waals surface area contributed by atoms with E-state index in [2.05, 4.69) is 0 Å². The van der Waals surface area contributed by atoms with Crippen LogP contribution in [0.3, 0.4) is 0 Å². The Hall–Kier alpha value is -1.00. The van der Waals surface area contributed by atoms with E-state index in [9.17, 15) is 8.78 Å². The normalized spacial score (nSPS) is 24.2. The Bertz CT molecular complexity index is 461. The fraction of sp³-hybridized carbons (Fsp3) is 0.571. The van der Waals surface area contributed by atoms with E-state index in [0.717, 1.165) is 25.3 Å². The van der Waals surface area contributed by atoms with Crippen LogP contribution >= 0.6 is 0 Å². The Morgan fingerprint density at radius 3 is 2.33 bits per heavy atom. The first-order chi connectivity index (χ1) is 8.63. The molecule has 2 aliphatic rings. The minimum absolute atomic E-state index is 0.0656. The van der Waals surface area contributed by atoms with E-state index in [1.165, 1.54) is 6.07 Å². The molecule has 18 heavy (non-hydrogen) atoms. The van der Waals surface area contributed by atoms with Gasteiger partial charge in [-0.15, -0.1) is 0 Å². The topological polar surface area (TPSA) is 35.2 Å². The third kappa shape index (κ3) is 1.39. The van der Waals surface area contributed by atoms with Crippen molar-refractivity contribution in [2.24, 2.45) is 11.1 Å². The minimum atomic E-state index is -0.540. The summed E-state index contributed by atoms with van der Waals surface area (Å²) in [5.41, 5.74) is 6.08. The van der Waals surface area contributed by atoms with E-state index >= 15 is 0 Å². The van der Waals surface area contributed by atoms with Crippen LogP contribution in [0.2, 0.25) is 0 Å². The quantitative estimate of drug-likeness (QED) is 0.897. The van der Waals surface area contributed by atoms with Crippen molar-refractivity contribution < 1.29 is 13.5 Å². The van der Waals surface area contributed by atoms with Gasteiger partial charge in [0.15, 0.2) is 0 Å². The summed E-state index contributed by atoms with van der Waals surface area (Å²) in [5.74, 6) is -1.01. The van der Waals surface area contributed by atoms with Crippen molar-refractivity contribution in [1.29, 1.82) is 0 Å². The second-order valence-electron chi connectivity index (χ2n) is 5.54. The maximum absolute atomic E-state index is 14.1. The molecule has 1 aliphatic carbocycles. The first-order valence-electron chi connectivity index (χ1n) is 6.37. The Labute approximate surface area is 105 Å². The van der Waals surface area contributed by atoms with Gasteiger partial charge in [0.25, 0.3) is 0 Å². The SMILES string of the molecule is NCC1(C2(c3ccc(F)cc3F)COC2)CCC1. The average molecular weight is 253 g/mol. The van der Waals surface area contributed by atoms with Crippen LogP contribution in [0.1, 0.15) is 24.8 Å². The van der Waals surface area contributed by atoms with Gasteiger partial charge in [0, 0.05) is 6.07 Å². The molecule has 1 aromatic rings. The third-order valence-corrected chi connectivity index (χ3v) is 4.86. The molecule has 0 aromatic heterocycles. The van der Waals surface area contributed by atoms with E-state index in [1.54, 1.807) is 6.07 Å². The van der Waals surface area contributed by atoms with Crippen LogP contribution in [0.5, 0.6) is 0 Å². The second kappa shape index (κ2) is 4.00. The summed E-state index contributed by atoms with van der Waals surface area (Å²) in [7, 11) is 0. The van der Waals surface area contributed by atoms with E-state index in [4.69, 9.17) is 10.5 Å². The molecule has 0 radical (unpaired) electrons. The maximum Gasteiger partial charge on any atom is 0.130 e. The molecule has 2 fully saturated rings. The molecule has 0 atom stereocenters. The van der Waals surface area contributed by atoms with Gasteiger partial charge >= 0.3 is 0 Å². The number of rotatable bonds is 3. The lowest BCUT2D eigenvalue weighted by atomic mass is 9.49. The maximum atomic E-state index is 14.1. The summed E-state index contributed by atoms with van der Waals surface area (Å²) < 4.78 is 32.4. The van der Waals surface area contributed by atoms with Gasteiger partial charge < -0.3 is 10.5 Å². The average Bonchev–Trinajstić information content (AvgIpc) is 2.22. The van der Waals surface area contributed by atoms with Crippen molar-refractivity contribution in [3.05, 3.63) is 35.4 Å². The molecule has 98 valence electrons. The summed E-state index contributed by atoms with van der Waals surface area (Å²) in [6, 6.07) is 3.84. The first kappa shape index (κ1) is 12.1. The van der Waals surface area contributed by atoms with Crippen LogP contribution in [0.25, 0.3) is 0 Å². The largest absolute Gasteiger partial charge is 0.379 e. The molecule has 0 bridgehead atoms. The Kier molecular flexibility index (Phi) is 2.68. The van der Waals surface area contributed by atoms with Crippen molar-refractivity contribution in [1.82, 2.24) is 0 Å². The molecule has 2 N–H and O–H groups in total. The Morgan fingerprint density at radius 2 is 1.94 bits per heavy atom. The summed E-state index contributed by atoms with van der Waals surface area (Å²) >= 11 is 0. The highest BCUT2D eigenvalue weighted by molar-refractivity contribution is 5.35. The molecule has 1 aromatic carbocycles. The summed E-state index contributed by atoms with van der Waals surface area (Å²) in [6.45, 7) is 1.52. The molecular formula is C14H17F2NO. The van der Waals surface area contributed by atoms with Crippen molar-refractivity contribution in [3.8, 4) is 0 Å². The molecule has 1 aliphatic heterocycles. The monoisotopic (exact) mass is 253 g/mol. The predicted octanol–water partition coefficient (Wildman–Crippen LogP) is 2.36. The van der Waals surface area contributed by atoms with Crippen LogP contribution < -0.4 is 5.73 Å². The summed E-state index contributed by atoms with van der Waals surface area (Å²) in [5, 5.41) is 0. The molecule has 0 unspecified atom stereocenters. The molecule has 1 saturated carbocycles. The highest BCUT2D eigenvalue weighted by Crippen LogP contribution is 2.58. The Morgan fingerprint density at radius 1 is 1.22 bits per heavy atom. The van der Waals surface area contributed by atoms with Gasteiger partial charge in [0.2, 0.25) is 0 Å². The van der Waals surface area contributed by atoms with Gasteiger partial charge in [0.1, 0.15) is 11.6 Å².